The van der Waals surface area contributed by atoms with E-state index in [-0.39, 0.29) is 0 Å². The van der Waals surface area contributed by atoms with E-state index in [9.17, 15) is 13.2 Å². The van der Waals surface area contributed by atoms with Crippen molar-refractivity contribution in [3.63, 3.8) is 0 Å². The molecule has 15 heteroatoms. The lowest BCUT2D eigenvalue weighted by Gasteiger charge is -2.42. The predicted molar refractivity (Wildman–Crippen MR) is 170 cm³/mol. The van der Waals surface area contributed by atoms with Crippen LogP contribution in [0.5, 0.6) is 5.75 Å². The number of primary amides is 1. The molecule has 5 N–H and O–H groups in total. The maximum absolute atomic E-state index is 11.9. The summed E-state index contributed by atoms with van der Waals surface area (Å²) in [7, 11) is -1.49. The van der Waals surface area contributed by atoms with Gasteiger partial charge in [-0.25, -0.2) is 8.42 Å². The Hall–Kier alpha value is -3.92. The highest BCUT2D eigenvalue weighted by Gasteiger charge is 2.30. The molecule has 0 atom stereocenters. The first-order chi connectivity index (χ1) is 20.7. The minimum absolute atomic E-state index is 0.358. The van der Waals surface area contributed by atoms with Crippen LogP contribution in [0.1, 0.15) is 22.5 Å². The smallest absolute Gasteiger partial charge is 0.260 e. The number of H-pyrrole nitrogens is 1. The lowest BCUT2D eigenvalue weighted by molar-refractivity contribution is 0.100. The van der Waals surface area contributed by atoms with Crippen LogP contribution in [0.4, 0.5) is 28.8 Å². The molecular weight excluding hydrogens is 591 g/mol. The van der Waals surface area contributed by atoms with Gasteiger partial charge in [0.1, 0.15) is 22.1 Å². The number of aromatic amines is 1. The summed E-state index contributed by atoms with van der Waals surface area (Å²) < 4.78 is 31.0. The van der Waals surface area contributed by atoms with Gasteiger partial charge in [-0.05, 0) is 42.5 Å². The van der Waals surface area contributed by atoms with Gasteiger partial charge in [0.2, 0.25) is 16.0 Å². The quantitative estimate of drug-likeness (QED) is 0.217. The van der Waals surface area contributed by atoms with E-state index >= 15 is 0 Å². The summed E-state index contributed by atoms with van der Waals surface area (Å²) in [6, 6.07) is 10.2. The fourth-order valence-electron chi connectivity index (χ4n) is 5.81. The number of methoxy groups -OCH3 is 1. The fraction of sp³-hybridized carbons (Fsp3) is 0.393. The molecule has 6 rings (SSSR count). The van der Waals surface area contributed by atoms with Gasteiger partial charge in [0.05, 0.1) is 30.1 Å². The number of sulfonamides is 1. The van der Waals surface area contributed by atoms with E-state index in [1.54, 1.807) is 29.1 Å². The standard InChI is InChI=1S/C28H35N9O4S2/c1-41-23-17-19(35-10-6-18(7-11-35)36-12-14-37(15-13-36)43(2,39)40)3-4-21(23)32-28-33-26-20(5-9-30-26)27(34-28)31-22-8-16-42-24(22)25(29)38/h3-5,8-9,16-18H,6-7,10-15H2,1-2H3,(H2,29,38)(H3,30,31,32,33,34). The van der Waals surface area contributed by atoms with Crippen LogP contribution in [0.2, 0.25) is 0 Å². The summed E-state index contributed by atoms with van der Waals surface area (Å²) in [5.41, 5.74) is 8.54. The number of piperazine rings is 1. The number of carbonyl (C=O) groups excluding carboxylic acids is 1. The Labute approximate surface area is 254 Å². The van der Waals surface area contributed by atoms with Gasteiger partial charge in [0, 0.05) is 63.3 Å². The third-order valence-corrected chi connectivity index (χ3v) is 10.3. The molecule has 5 heterocycles. The average Bonchev–Trinajstić information content (AvgIpc) is 3.67. The lowest BCUT2D eigenvalue weighted by Crippen LogP contribution is -2.54. The second-order valence-electron chi connectivity index (χ2n) is 10.7. The highest BCUT2D eigenvalue weighted by atomic mass is 32.2. The van der Waals surface area contributed by atoms with E-state index < -0.39 is 15.9 Å². The van der Waals surface area contributed by atoms with E-state index in [1.807, 2.05) is 18.2 Å². The molecule has 0 spiro atoms. The number of amides is 1. The lowest BCUT2D eigenvalue weighted by atomic mass is 10.0. The molecule has 0 radical (unpaired) electrons. The number of anilines is 5. The molecule has 0 unspecified atom stereocenters. The number of aromatic nitrogens is 3. The van der Waals surface area contributed by atoms with Crippen LogP contribution >= 0.6 is 11.3 Å². The first kappa shape index (κ1) is 29.2. The molecule has 2 fully saturated rings. The highest BCUT2D eigenvalue weighted by Crippen LogP contribution is 2.35. The topological polar surface area (TPSA) is 162 Å². The normalized spacial score (nSPS) is 17.3. The molecule has 228 valence electrons. The van der Waals surface area contributed by atoms with Gasteiger partial charge in [-0.3, -0.25) is 9.69 Å². The number of piperidine rings is 1. The van der Waals surface area contributed by atoms with Crippen molar-refractivity contribution in [2.75, 3.05) is 68.2 Å². The SMILES string of the molecule is COc1cc(N2CCC(N3CCN(S(C)(=O)=O)CC3)CC2)ccc1Nc1nc(Nc2ccsc2C(N)=O)c2cc[nH]c2n1. The summed E-state index contributed by atoms with van der Waals surface area (Å²) in [6.45, 7) is 4.49. The third-order valence-electron chi connectivity index (χ3n) is 8.08. The van der Waals surface area contributed by atoms with E-state index in [4.69, 9.17) is 15.5 Å². The Morgan fingerprint density at radius 1 is 1.05 bits per heavy atom. The zero-order valence-corrected chi connectivity index (χ0v) is 25.7. The summed E-state index contributed by atoms with van der Waals surface area (Å²) in [6.07, 6.45) is 5.10. The van der Waals surface area contributed by atoms with Crippen molar-refractivity contribution in [3.05, 3.63) is 46.8 Å². The predicted octanol–water partition coefficient (Wildman–Crippen LogP) is 3.16. The number of ether oxygens (including phenoxy) is 1. The Bertz CT molecular complexity index is 1720. The number of nitrogens with two attached hydrogens (primary N) is 1. The number of rotatable bonds is 9. The van der Waals surface area contributed by atoms with Gasteiger partial charge in [-0.2, -0.15) is 14.3 Å². The number of hydrogen-bond donors (Lipinski definition) is 4. The van der Waals surface area contributed by atoms with E-state index in [1.165, 1.54) is 17.6 Å². The fourth-order valence-corrected chi connectivity index (χ4v) is 7.34. The van der Waals surface area contributed by atoms with Crippen molar-refractivity contribution in [3.8, 4) is 5.75 Å². The van der Waals surface area contributed by atoms with E-state index in [0.29, 0.717) is 52.9 Å². The number of benzene rings is 1. The Morgan fingerprint density at radius 3 is 2.51 bits per heavy atom. The molecular formula is C28H35N9O4S2. The van der Waals surface area contributed by atoms with Crippen LogP contribution in [0.15, 0.2) is 41.9 Å². The van der Waals surface area contributed by atoms with Crippen LogP contribution in [-0.2, 0) is 10.0 Å². The second kappa shape index (κ2) is 12.0. The summed E-state index contributed by atoms with van der Waals surface area (Å²) in [5.74, 6) is 1.05. The Morgan fingerprint density at radius 2 is 1.81 bits per heavy atom. The first-order valence-electron chi connectivity index (χ1n) is 14.1. The Kier molecular flexibility index (Phi) is 8.13. The maximum Gasteiger partial charge on any atom is 0.260 e. The van der Waals surface area contributed by atoms with Gasteiger partial charge < -0.3 is 31.0 Å². The average molecular weight is 626 g/mol. The van der Waals surface area contributed by atoms with Gasteiger partial charge in [0.15, 0.2) is 0 Å². The highest BCUT2D eigenvalue weighted by molar-refractivity contribution is 7.88. The van der Waals surface area contributed by atoms with Crippen LogP contribution in [-0.4, -0.2) is 97.2 Å². The van der Waals surface area contributed by atoms with Crippen molar-refractivity contribution in [1.29, 1.82) is 0 Å². The molecule has 2 aliphatic heterocycles. The third kappa shape index (κ3) is 6.25. The number of hydrogen-bond acceptors (Lipinski definition) is 11. The molecule has 2 aliphatic rings. The van der Waals surface area contributed by atoms with Crippen LogP contribution < -0.4 is 26.0 Å². The van der Waals surface area contributed by atoms with Crippen molar-refractivity contribution in [2.45, 2.75) is 18.9 Å². The summed E-state index contributed by atoms with van der Waals surface area (Å²) in [4.78, 5) is 29.5. The molecule has 1 aromatic carbocycles. The number of nitrogens with one attached hydrogen (secondary N) is 3. The van der Waals surface area contributed by atoms with Crippen molar-refractivity contribution < 1.29 is 17.9 Å². The van der Waals surface area contributed by atoms with Gasteiger partial charge >= 0.3 is 0 Å². The van der Waals surface area contributed by atoms with Crippen LogP contribution in [0.25, 0.3) is 11.0 Å². The monoisotopic (exact) mass is 625 g/mol. The van der Waals surface area contributed by atoms with E-state index in [0.717, 1.165) is 55.8 Å². The molecule has 43 heavy (non-hydrogen) atoms. The molecule has 13 nitrogen and oxygen atoms in total. The molecule has 0 bridgehead atoms. The van der Waals surface area contributed by atoms with Crippen molar-refractivity contribution in [1.82, 2.24) is 24.2 Å². The van der Waals surface area contributed by atoms with Gasteiger partial charge in [-0.15, -0.1) is 11.3 Å². The van der Waals surface area contributed by atoms with Crippen LogP contribution in [0, 0.1) is 0 Å². The van der Waals surface area contributed by atoms with E-state index in [2.05, 4.69) is 36.5 Å². The number of carbonyl (C=O) groups is 1. The number of nitrogens with zero attached hydrogens (tertiary/aromatic N) is 5. The number of fused-ring (bicyclic) bond motifs is 1. The molecule has 2 saturated heterocycles. The Balaban J connectivity index is 1.14. The molecule has 4 aromatic rings. The zero-order valence-electron chi connectivity index (χ0n) is 24.0. The zero-order chi connectivity index (χ0) is 30.1. The summed E-state index contributed by atoms with van der Waals surface area (Å²) in [5, 5.41) is 9.10. The van der Waals surface area contributed by atoms with Gasteiger partial charge in [-0.1, -0.05) is 0 Å². The molecule has 3 aromatic heterocycles. The van der Waals surface area contributed by atoms with Crippen molar-refractivity contribution >= 4 is 67.1 Å². The molecule has 1 amide bonds. The molecule has 0 aliphatic carbocycles. The summed E-state index contributed by atoms with van der Waals surface area (Å²) >= 11 is 1.27. The second-order valence-corrected chi connectivity index (χ2v) is 13.6. The minimum atomic E-state index is -3.13. The largest absolute Gasteiger partial charge is 0.494 e. The minimum Gasteiger partial charge on any atom is -0.494 e. The van der Waals surface area contributed by atoms with Gasteiger partial charge in [0.25, 0.3) is 5.91 Å². The van der Waals surface area contributed by atoms with Crippen molar-refractivity contribution in [2.24, 2.45) is 5.73 Å². The van der Waals surface area contributed by atoms with Crippen LogP contribution in [0.3, 0.4) is 0 Å². The maximum atomic E-state index is 11.9. The first-order valence-corrected chi connectivity index (χ1v) is 16.8. The number of thiophene rings is 1. The molecule has 0 saturated carbocycles.